The molecule has 0 bridgehead atoms. The third-order valence-electron chi connectivity index (χ3n) is 4.25. The highest BCUT2D eigenvalue weighted by Crippen LogP contribution is 2.39. The van der Waals surface area contributed by atoms with Gasteiger partial charge in [-0.15, -0.1) is 0 Å². The van der Waals surface area contributed by atoms with E-state index in [-0.39, 0.29) is 5.60 Å². The fraction of sp³-hybridized carbons (Fsp3) is 0.562. The van der Waals surface area contributed by atoms with Crippen molar-refractivity contribution in [3.05, 3.63) is 23.8 Å². The molecule has 3 rings (SSSR count). The van der Waals surface area contributed by atoms with Crippen molar-refractivity contribution in [2.45, 2.75) is 30.9 Å². The van der Waals surface area contributed by atoms with Crippen LogP contribution in [0.3, 0.4) is 0 Å². The van der Waals surface area contributed by atoms with E-state index in [0.717, 1.165) is 43.1 Å². The number of nitriles is 1. The summed E-state index contributed by atoms with van der Waals surface area (Å²) in [4.78, 5) is 0. The zero-order valence-electron chi connectivity index (χ0n) is 12.2. The third kappa shape index (κ3) is 3.12. The van der Waals surface area contributed by atoms with E-state index in [1.165, 1.54) is 5.75 Å². The van der Waals surface area contributed by atoms with E-state index in [1.807, 2.05) is 23.9 Å². The van der Waals surface area contributed by atoms with Gasteiger partial charge in [-0.05, 0) is 37.1 Å². The van der Waals surface area contributed by atoms with Crippen LogP contribution in [0.1, 0.15) is 24.8 Å². The fourth-order valence-corrected chi connectivity index (χ4v) is 4.49. The second-order valence-electron chi connectivity index (χ2n) is 5.69. The molecule has 21 heavy (non-hydrogen) atoms. The van der Waals surface area contributed by atoms with E-state index in [0.29, 0.717) is 11.6 Å². The SMILES string of the molecule is COc1cc(C#N)ccc1NC1CCOC2(CCSC2)C1. The van der Waals surface area contributed by atoms with Crippen LogP contribution in [0.4, 0.5) is 5.69 Å². The second-order valence-corrected chi connectivity index (χ2v) is 6.80. The lowest BCUT2D eigenvalue weighted by molar-refractivity contribution is -0.0628. The van der Waals surface area contributed by atoms with Crippen LogP contribution in [0.25, 0.3) is 0 Å². The van der Waals surface area contributed by atoms with Crippen LogP contribution in [0.2, 0.25) is 0 Å². The maximum atomic E-state index is 8.96. The number of methoxy groups -OCH3 is 1. The molecule has 2 heterocycles. The lowest BCUT2D eigenvalue weighted by Crippen LogP contribution is -2.44. The molecule has 2 aliphatic heterocycles. The molecule has 0 radical (unpaired) electrons. The Hall–Kier alpha value is -1.38. The van der Waals surface area contributed by atoms with Crippen LogP contribution < -0.4 is 10.1 Å². The normalized spacial score (nSPS) is 28.3. The van der Waals surface area contributed by atoms with E-state index in [4.69, 9.17) is 14.7 Å². The molecule has 2 fully saturated rings. The van der Waals surface area contributed by atoms with Crippen LogP contribution >= 0.6 is 11.8 Å². The van der Waals surface area contributed by atoms with Gasteiger partial charge in [0, 0.05) is 24.5 Å². The summed E-state index contributed by atoms with van der Waals surface area (Å²) in [6.45, 7) is 0.816. The smallest absolute Gasteiger partial charge is 0.143 e. The van der Waals surface area contributed by atoms with Crippen molar-refractivity contribution in [2.75, 3.05) is 30.5 Å². The molecule has 1 aromatic carbocycles. The van der Waals surface area contributed by atoms with E-state index >= 15 is 0 Å². The molecule has 2 aliphatic rings. The van der Waals surface area contributed by atoms with Crippen molar-refractivity contribution < 1.29 is 9.47 Å². The van der Waals surface area contributed by atoms with Crippen molar-refractivity contribution in [2.24, 2.45) is 0 Å². The molecule has 1 aromatic rings. The zero-order chi connectivity index (χ0) is 14.7. The van der Waals surface area contributed by atoms with Gasteiger partial charge in [0.05, 0.1) is 30.0 Å². The zero-order valence-corrected chi connectivity index (χ0v) is 13.0. The number of hydrogen-bond donors (Lipinski definition) is 1. The summed E-state index contributed by atoms with van der Waals surface area (Å²) in [5, 5.41) is 12.5. The predicted octanol–water partition coefficient (Wildman–Crippen LogP) is 3.03. The van der Waals surface area contributed by atoms with E-state index in [9.17, 15) is 0 Å². The summed E-state index contributed by atoms with van der Waals surface area (Å²) >= 11 is 1.99. The van der Waals surface area contributed by atoms with Gasteiger partial charge in [-0.1, -0.05) is 0 Å². The first-order valence-electron chi connectivity index (χ1n) is 7.31. The van der Waals surface area contributed by atoms with Crippen molar-refractivity contribution >= 4 is 17.4 Å². The average molecular weight is 304 g/mol. The Bertz CT molecular complexity index is 550. The topological polar surface area (TPSA) is 54.3 Å². The molecule has 4 nitrogen and oxygen atoms in total. The third-order valence-corrected chi connectivity index (χ3v) is 5.47. The number of benzene rings is 1. The Balaban J connectivity index is 1.73. The molecule has 0 aliphatic carbocycles. The standard InChI is InChI=1S/C16H20N2O2S/c1-19-15-8-12(10-17)2-3-14(15)18-13-4-6-20-16(9-13)5-7-21-11-16/h2-3,8,13,18H,4-7,9,11H2,1H3. The highest BCUT2D eigenvalue weighted by atomic mass is 32.2. The number of thioether (sulfide) groups is 1. The predicted molar refractivity (Wildman–Crippen MR) is 85.0 cm³/mol. The molecule has 2 unspecified atom stereocenters. The largest absolute Gasteiger partial charge is 0.495 e. The van der Waals surface area contributed by atoms with Crippen LogP contribution in [-0.4, -0.2) is 36.9 Å². The maximum absolute atomic E-state index is 8.96. The van der Waals surface area contributed by atoms with Crippen molar-refractivity contribution in [3.63, 3.8) is 0 Å². The van der Waals surface area contributed by atoms with E-state index < -0.39 is 0 Å². The molecule has 2 atom stereocenters. The van der Waals surface area contributed by atoms with Gasteiger partial charge in [0.2, 0.25) is 0 Å². The summed E-state index contributed by atoms with van der Waals surface area (Å²) < 4.78 is 11.4. The molecule has 2 saturated heterocycles. The Morgan fingerprint density at radius 2 is 2.43 bits per heavy atom. The highest BCUT2D eigenvalue weighted by Gasteiger charge is 2.40. The van der Waals surface area contributed by atoms with Crippen LogP contribution in [0.5, 0.6) is 5.75 Å². The Morgan fingerprint density at radius 1 is 1.52 bits per heavy atom. The molecular formula is C16H20N2O2S. The molecule has 1 spiro atoms. The number of rotatable bonds is 3. The number of nitrogens with zero attached hydrogens (tertiary/aromatic N) is 1. The van der Waals surface area contributed by atoms with Crippen LogP contribution in [0.15, 0.2) is 18.2 Å². The number of ether oxygens (including phenoxy) is 2. The van der Waals surface area contributed by atoms with E-state index in [1.54, 1.807) is 13.2 Å². The van der Waals surface area contributed by atoms with Crippen molar-refractivity contribution in [1.29, 1.82) is 5.26 Å². The molecular weight excluding hydrogens is 284 g/mol. The van der Waals surface area contributed by atoms with Crippen molar-refractivity contribution in [3.8, 4) is 11.8 Å². The van der Waals surface area contributed by atoms with Gasteiger partial charge < -0.3 is 14.8 Å². The highest BCUT2D eigenvalue weighted by molar-refractivity contribution is 7.99. The molecule has 112 valence electrons. The summed E-state index contributed by atoms with van der Waals surface area (Å²) in [5.41, 5.74) is 1.65. The minimum atomic E-state index is 0.0699. The minimum absolute atomic E-state index is 0.0699. The van der Waals surface area contributed by atoms with Gasteiger partial charge in [0.25, 0.3) is 0 Å². The van der Waals surface area contributed by atoms with Crippen LogP contribution in [-0.2, 0) is 4.74 Å². The second kappa shape index (κ2) is 6.17. The van der Waals surface area contributed by atoms with Gasteiger partial charge in [0.15, 0.2) is 0 Å². The molecule has 5 heteroatoms. The fourth-order valence-electron chi connectivity index (χ4n) is 3.11. The molecule has 1 N–H and O–H groups in total. The quantitative estimate of drug-likeness (QED) is 0.930. The Kier molecular flexibility index (Phi) is 4.27. The first kappa shape index (κ1) is 14.6. The Labute approximate surface area is 129 Å². The monoisotopic (exact) mass is 304 g/mol. The average Bonchev–Trinajstić information content (AvgIpc) is 2.95. The summed E-state index contributed by atoms with van der Waals surface area (Å²) in [7, 11) is 1.64. The number of hydrogen-bond acceptors (Lipinski definition) is 5. The molecule has 0 aromatic heterocycles. The molecule has 0 amide bonds. The Morgan fingerprint density at radius 3 is 3.14 bits per heavy atom. The first-order chi connectivity index (χ1) is 10.2. The van der Waals surface area contributed by atoms with Gasteiger partial charge in [-0.3, -0.25) is 0 Å². The summed E-state index contributed by atoms with van der Waals surface area (Å²) in [6, 6.07) is 8.08. The van der Waals surface area contributed by atoms with Crippen LogP contribution in [0, 0.1) is 11.3 Å². The van der Waals surface area contributed by atoms with E-state index in [2.05, 4.69) is 11.4 Å². The van der Waals surface area contributed by atoms with Gasteiger partial charge >= 0.3 is 0 Å². The minimum Gasteiger partial charge on any atom is -0.495 e. The first-order valence-corrected chi connectivity index (χ1v) is 8.46. The maximum Gasteiger partial charge on any atom is 0.143 e. The van der Waals surface area contributed by atoms with Gasteiger partial charge in [-0.25, -0.2) is 0 Å². The number of anilines is 1. The van der Waals surface area contributed by atoms with Gasteiger partial charge in [0.1, 0.15) is 5.75 Å². The van der Waals surface area contributed by atoms with Gasteiger partial charge in [-0.2, -0.15) is 17.0 Å². The lowest BCUT2D eigenvalue weighted by Gasteiger charge is -2.38. The lowest BCUT2D eigenvalue weighted by atomic mass is 9.89. The summed E-state index contributed by atoms with van der Waals surface area (Å²) in [5.74, 6) is 3.04. The number of nitrogens with one attached hydrogen (secondary N) is 1. The summed E-state index contributed by atoms with van der Waals surface area (Å²) in [6.07, 6.45) is 3.21. The molecule has 0 saturated carbocycles. The van der Waals surface area contributed by atoms with Crippen molar-refractivity contribution in [1.82, 2.24) is 0 Å².